The molecule has 1 aromatic carbocycles. The van der Waals surface area contributed by atoms with Gasteiger partial charge in [0.1, 0.15) is 5.82 Å². The number of rotatable bonds is 3. The number of nitrogens with one attached hydrogen (secondary N) is 2. The van der Waals surface area contributed by atoms with Gasteiger partial charge in [-0.1, -0.05) is 12.8 Å². The zero-order valence-corrected chi connectivity index (χ0v) is 14.2. The lowest BCUT2D eigenvalue weighted by Gasteiger charge is -2.37. The average molecular weight is 355 g/mol. The molecule has 1 aliphatic carbocycles. The molecule has 1 aromatic rings. The average Bonchev–Trinajstić information content (AvgIpc) is 2.99. The van der Waals surface area contributed by atoms with Crippen LogP contribution in [0.3, 0.4) is 0 Å². The van der Waals surface area contributed by atoms with Crippen LogP contribution in [0.1, 0.15) is 44.1 Å². The van der Waals surface area contributed by atoms with Crippen LogP contribution in [-0.2, 0) is 0 Å². The van der Waals surface area contributed by atoms with E-state index in [1.165, 1.54) is 38.5 Å². The number of aryl methyl sites for hydroxylation is 1. The summed E-state index contributed by atoms with van der Waals surface area (Å²) in [6.07, 6.45) is 7.66. The summed E-state index contributed by atoms with van der Waals surface area (Å²) < 4.78 is 14.4. The molecule has 0 aromatic heterocycles. The topological polar surface area (TPSA) is 24.1 Å². The van der Waals surface area contributed by atoms with Crippen molar-refractivity contribution in [2.24, 2.45) is 5.92 Å². The molecular formula is C17H24BrFN2. The molecule has 3 unspecified atom stereocenters. The summed E-state index contributed by atoms with van der Waals surface area (Å²) in [6, 6.07) is 4.60. The minimum Gasteiger partial charge on any atom is -0.382 e. The third kappa shape index (κ3) is 3.42. The number of benzene rings is 1. The van der Waals surface area contributed by atoms with Crippen LogP contribution in [0.5, 0.6) is 0 Å². The SMILES string of the molecule is Cc1cc(Br)c(F)cc1NC1CCCCC1C1CCCN1. The Balaban J connectivity index is 1.76. The first kappa shape index (κ1) is 15.3. The van der Waals surface area contributed by atoms with Crippen LogP contribution >= 0.6 is 15.9 Å². The van der Waals surface area contributed by atoms with Crippen molar-refractivity contribution in [3.8, 4) is 0 Å². The van der Waals surface area contributed by atoms with Crippen LogP contribution in [0, 0.1) is 18.7 Å². The summed E-state index contributed by atoms with van der Waals surface area (Å²) in [5.74, 6) is 0.488. The lowest BCUT2D eigenvalue weighted by Crippen LogP contribution is -2.43. The maximum atomic E-state index is 13.8. The van der Waals surface area contributed by atoms with Crippen molar-refractivity contribution in [1.29, 1.82) is 0 Å². The molecule has 0 spiro atoms. The van der Waals surface area contributed by atoms with Gasteiger partial charge in [0.15, 0.2) is 0 Å². The number of anilines is 1. The zero-order chi connectivity index (χ0) is 14.8. The second-order valence-corrected chi connectivity index (χ2v) is 7.34. The third-order valence-corrected chi connectivity index (χ3v) is 5.65. The normalized spacial score (nSPS) is 29.6. The first-order chi connectivity index (χ1) is 10.1. The van der Waals surface area contributed by atoms with Crippen LogP contribution in [0.25, 0.3) is 0 Å². The lowest BCUT2D eigenvalue weighted by atomic mass is 9.79. The van der Waals surface area contributed by atoms with E-state index in [-0.39, 0.29) is 5.82 Å². The van der Waals surface area contributed by atoms with E-state index in [1.807, 2.05) is 13.0 Å². The Bertz CT molecular complexity index is 500. The molecule has 2 N–H and O–H groups in total. The summed E-state index contributed by atoms with van der Waals surface area (Å²) >= 11 is 3.26. The van der Waals surface area contributed by atoms with Crippen molar-refractivity contribution in [3.05, 3.63) is 28.0 Å². The van der Waals surface area contributed by atoms with Crippen LogP contribution in [0.2, 0.25) is 0 Å². The fourth-order valence-corrected chi connectivity index (χ4v) is 4.36. The van der Waals surface area contributed by atoms with Crippen LogP contribution in [0.15, 0.2) is 16.6 Å². The highest BCUT2D eigenvalue weighted by Crippen LogP contribution is 2.34. The van der Waals surface area contributed by atoms with E-state index in [9.17, 15) is 4.39 Å². The molecule has 2 fully saturated rings. The zero-order valence-electron chi connectivity index (χ0n) is 12.6. The van der Waals surface area contributed by atoms with Gasteiger partial charge in [0.25, 0.3) is 0 Å². The molecule has 4 heteroatoms. The van der Waals surface area contributed by atoms with Crippen molar-refractivity contribution in [2.45, 2.75) is 57.5 Å². The Morgan fingerprint density at radius 2 is 2.00 bits per heavy atom. The van der Waals surface area contributed by atoms with Gasteiger partial charge in [-0.3, -0.25) is 0 Å². The number of hydrogen-bond donors (Lipinski definition) is 2. The van der Waals surface area contributed by atoms with E-state index < -0.39 is 0 Å². The maximum Gasteiger partial charge on any atom is 0.139 e. The smallest absolute Gasteiger partial charge is 0.139 e. The van der Waals surface area contributed by atoms with Gasteiger partial charge in [-0.2, -0.15) is 0 Å². The van der Waals surface area contributed by atoms with E-state index in [1.54, 1.807) is 6.07 Å². The Morgan fingerprint density at radius 3 is 2.76 bits per heavy atom. The quantitative estimate of drug-likeness (QED) is 0.827. The molecule has 0 amide bonds. The van der Waals surface area contributed by atoms with E-state index in [2.05, 4.69) is 26.6 Å². The van der Waals surface area contributed by atoms with Crippen molar-refractivity contribution >= 4 is 21.6 Å². The van der Waals surface area contributed by atoms with Gasteiger partial charge in [0.2, 0.25) is 0 Å². The van der Waals surface area contributed by atoms with Gasteiger partial charge in [0.05, 0.1) is 4.47 Å². The first-order valence-corrected chi connectivity index (χ1v) is 8.90. The van der Waals surface area contributed by atoms with Gasteiger partial charge in [-0.05, 0) is 78.7 Å². The van der Waals surface area contributed by atoms with Crippen molar-refractivity contribution in [2.75, 3.05) is 11.9 Å². The summed E-state index contributed by atoms with van der Waals surface area (Å²) in [6.45, 7) is 3.19. The molecule has 1 saturated carbocycles. The second kappa shape index (κ2) is 6.66. The minimum absolute atomic E-state index is 0.186. The molecule has 2 nitrogen and oxygen atoms in total. The minimum atomic E-state index is -0.186. The maximum absolute atomic E-state index is 13.8. The van der Waals surface area contributed by atoms with Crippen molar-refractivity contribution < 1.29 is 4.39 Å². The van der Waals surface area contributed by atoms with Crippen LogP contribution in [0.4, 0.5) is 10.1 Å². The van der Waals surface area contributed by atoms with Crippen LogP contribution < -0.4 is 10.6 Å². The van der Waals surface area contributed by atoms with Crippen LogP contribution in [-0.4, -0.2) is 18.6 Å². The molecule has 1 aliphatic heterocycles. The highest BCUT2D eigenvalue weighted by molar-refractivity contribution is 9.10. The predicted octanol–water partition coefficient (Wildman–Crippen LogP) is 4.62. The van der Waals surface area contributed by atoms with E-state index in [0.29, 0.717) is 22.5 Å². The molecule has 1 heterocycles. The highest BCUT2D eigenvalue weighted by Gasteiger charge is 2.33. The standard InChI is InChI=1S/C17H24BrFN2/c1-11-9-13(18)14(19)10-17(11)21-16-6-3-2-5-12(16)15-7-4-8-20-15/h9-10,12,15-16,20-21H,2-8H2,1H3. The summed E-state index contributed by atoms with van der Waals surface area (Å²) in [5.41, 5.74) is 2.05. The first-order valence-electron chi connectivity index (χ1n) is 8.10. The van der Waals surface area contributed by atoms with Crippen molar-refractivity contribution in [1.82, 2.24) is 5.32 Å². The molecule has 0 radical (unpaired) electrons. The molecule has 0 bridgehead atoms. The summed E-state index contributed by atoms with van der Waals surface area (Å²) in [7, 11) is 0. The van der Waals surface area contributed by atoms with Crippen molar-refractivity contribution in [3.63, 3.8) is 0 Å². The predicted molar refractivity (Wildman–Crippen MR) is 89.2 cm³/mol. The Morgan fingerprint density at radius 1 is 1.19 bits per heavy atom. The highest BCUT2D eigenvalue weighted by atomic mass is 79.9. The van der Waals surface area contributed by atoms with E-state index in [4.69, 9.17) is 0 Å². The lowest BCUT2D eigenvalue weighted by molar-refractivity contribution is 0.262. The monoisotopic (exact) mass is 354 g/mol. The van der Waals surface area contributed by atoms with Gasteiger partial charge < -0.3 is 10.6 Å². The van der Waals surface area contributed by atoms with E-state index >= 15 is 0 Å². The number of halogens is 2. The van der Waals surface area contributed by atoms with Gasteiger partial charge in [0, 0.05) is 17.8 Å². The second-order valence-electron chi connectivity index (χ2n) is 6.48. The Labute approximate surface area is 135 Å². The third-order valence-electron chi connectivity index (χ3n) is 5.04. The van der Waals surface area contributed by atoms with Gasteiger partial charge in [-0.15, -0.1) is 0 Å². The van der Waals surface area contributed by atoms with E-state index in [0.717, 1.165) is 17.8 Å². The Hall–Kier alpha value is -0.610. The molecule has 2 aliphatic rings. The molecule has 1 saturated heterocycles. The largest absolute Gasteiger partial charge is 0.382 e. The fraction of sp³-hybridized carbons (Fsp3) is 0.647. The van der Waals surface area contributed by atoms with Gasteiger partial charge in [-0.25, -0.2) is 4.39 Å². The summed E-state index contributed by atoms with van der Waals surface area (Å²) in [5, 5.41) is 7.30. The molecule has 3 rings (SSSR count). The number of hydrogen-bond acceptors (Lipinski definition) is 2. The molecule has 116 valence electrons. The van der Waals surface area contributed by atoms with Gasteiger partial charge >= 0.3 is 0 Å². The molecule has 21 heavy (non-hydrogen) atoms. The molecular weight excluding hydrogens is 331 g/mol. The molecule has 3 atom stereocenters. The Kier molecular flexibility index (Phi) is 4.85. The summed E-state index contributed by atoms with van der Waals surface area (Å²) in [4.78, 5) is 0. The fourth-order valence-electron chi connectivity index (χ4n) is 3.90.